The molecule has 0 bridgehead atoms. The van der Waals surface area contributed by atoms with Crippen LogP contribution >= 0.6 is 0 Å². The average molecular weight is 252 g/mol. The van der Waals surface area contributed by atoms with Crippen LogP contribution in [0.4, 0.5) is 10.6 Å². The number of hydrogen-bond acceptors (Lipinski definition) is 3. The number of anilines is 1. The summed E-state index contributed by atoms with van der Waals surface area (Å²) in [7, 11) is 1.80. The Balaban J connectivity index is 1.90. The summed E-state index contributed by atoms with van der Waals surface area (Å²) in [5, 5.41) is 6.86. The SMILES string of the molecule is CCN(CC1CCCO1)C(=O)Nc1ccnn1C. The highest BCUT2D eigenvalue weighted by Gasteiger charge is 2.21. The molecule has 0 saturated carbocycles. The third kappa shape index (κ3) is 3.01. The van der Waals surface area contributed by atoms with Gasteiger partial charge in [-0.15, -0.1) is 0 Å². The number of carbonyl (C=O) groups excluding carboxylic acids is 1. The van der Waals surface area contributed by atoms with E-state index in [1.165, 1.54) is 0 Å². The number of likely N-dealkylation sites (N-methyl/N-ethyl adjacent to an activating group) is 1. The van der Waals surface area contributed by atoms with E-state index in [0.717, 1.165) is 19.4 Å². The number of aromatic nitrogens is 2. The zero-order valence-electron chi connectivity index (χ0n) is 10.9. The summed E-state index contributed by atoms with van der Waals surface area (Å²) in [5.41, 5.74) is 0. The van der Waals surface area contributed by atoms with E-state index >= 15 is 0 Å². The molecule has 1 N–H and O–H groups in total. The number of aryl methyl sites for hydroxylation is 1. The van der Waals surface area contributed by atoms with Crippen LogP contribution in [-0.4, -0.2) is 46.5 Å². The molecule has 1 aliphatic heterocycles. The number of carbonyl (C=O) groups is 1. The van der Waals surface area contributed by atoms with Gasteiger partial charge in [-0.3, -0.25) is 10.00 Å². The Morgan fingerprint density at radius 1 is 1.72 bits per heavy atom. The van der Waals surface area contributed by atoms with Gasteiger partial charge in [-0.1, -0.05) is 0 Å². The molecule has 0 aromatic carbocycles. The van der Waals surface area contributed by atoms with Crippen LogP contribution in [0.5, 0.6) is 0 Å². The van der Waals surface area contributed by atoms with Gasteiger partial charge in [0.2, 0.25) is 0 Å². The summed E-state index contributed by atoms with van der Waals surface area (Å²) >= 11 is 0. The van der Waals surface area contributed by atoms with Crippen molar-refractivity contribution in [3.05, 3.63) is 12.3 Å². The number of rotatable bonds is 4. The Morgan fingerprint density at radius 2 is 2.56 bits per heavy atom. The Hall–Kier alpha value is -1.56. The molecule has 1 atom stereocenters. The molecule has 6 heteroatoms. The van der Waals surface area contributed by atoms with Gasteiger partial charge in [0.15, 0.2) is 0 Å². The van der Waals surface area contributed by atoms with Gasteiger partial charge in [0.25, 0.3) is 0 Å². The molecule has 1 aromatic heterocycles. The van der Waals surface area contributed by atoms with E-state index in [1.54, 1.807) is 28.9 Å². The molecular weight excluding hydrogens is 232 g/mol. The average Bonchev–Trinajstić information content (AvgIpc) is 2.99. The van der Waals surface area contributed by atoms with Crippen molar-refractivity contribution in [1.29, 1.82) is 0 Å². The van der Waals surface area contributed by atoms with Crippen molar-refractivity contribution < 1.29 is 9.53 Å². The first-order valence-corrected chi connectivity index (χ1v) is 6.36. The lowest BCUT2D eigenvalue weighted by atomic mass is 10.2. The predicted molar refractivity (Wildman–Crippen MR) is 68.4 cm³/mol. The van der Waals surface area contributed by atoms with E-state index in [2.05, 4.69) is 10.4 Å². The first-order valence-electron chi connectivity index (χ1n) is 6.36. The maximum atomic E-state index is 12.1. The first-order chi connectivity index (χ1) is 8.70. The number of hydrogen-bond donors (Lipinski definition) is 1. The summed E-state index contributed by atoms with van der Waals surface area (Å²) < 4.78 is 7.19. The van der Waals surface area contributed by atoms with E-state index in [-0.39, 0.29) is 12.1 Å². The first kappa shape index (κ1) is 12.9. The predicted octanol–water partition coefficient (Wildman–Crippen LogP) is 1.45. The monoisotopic (exact) mass is 252 g/mol. The Kier molecular flexibility index (Phi) is 4.19. The van der Waals surface area contributed by atoms with Crippen molar-refractivity contribution in [2.24, 2.45) is 7.05 Å². The lowest BCUT2D eigenvalue weighted by Crippen LogP contribution is -2.40. The molecule has 1 aromatic rings. The molecule has 100 valence electrons. The molecule has 0 radical (unpaired) electrons. The molecule has 2 amide bonds. The van der Waals surface area contributed by atoms with E-state index in [9.17, 15) is 4.79 Å². The van der Waals surface area contributed by atoms with Crippen LogP contribution in [0, 0.1) is 0 Å². The quantitative estimate of drug-likeness (QED) is 0.882. The van der Waals surface area contributed by atoms with Crippen LogP contribution in [-0.2, 0) is 11.8 Å². The van der Waals surface area contributed by atoms with Crippen LogP contribution in [0.15, 0.2) is 12.3 Å². The third-order valence-corrected chi connectivity index (χ3v) is 3.17. The fourth-order valence-corrected chi connectivity index (χ4v) is 2.07. The van der Waals surface area contributed by atoms with Gasteiger partial charge in [0, 0.05) is 32.8 Å². The highest BCUT2D eigenvalue weighted by atomic mass is 16.5. The topological polar surface area (TPSA) is 59.4 Å². The highest BCUT2D eigenvalue weighted by molar-refractivity contribution is 5.88. The second-order valence-electron chi connectivity index (χ2n) is 4.44. The van der Waals surface area contributed by atoms with E-state index in [4.69, 9.17) is 4.74 Å². The fourth-order valence-electron chi connectivity index (χ4n) is 2.07. The van der Waals surface area contributed by atoms with Crippen molar-refractivity contribution in [3.8, 4) is 0 Å². The minimum atomic E-state index is -0.100. The van der Waals surface area contributed by atoms with Crippen LogP contribution in [0.25, 0.3) is 0 Å². The summed E-state index contributed by atoms with van der Waals surface area (Å²) in [4.78, 5) is 13.9. The normalized spacial score (nSPS) is 18.9. The molecule has 2 heterocycles. The molecule has 1 aliphatic rings. The van der Waals surface area contributed by atoms with Gasteiger partial charge < -0.3 is 9.64 Å². The van der Waals surface area contributed by atoms with E-state index in [0.29, 0.717) is 18.9 Å². The molecule has 0 aliphatic carbocycles. The highest BCUT2D eigenvalue weighted by Crippen LogP contribution is 2.14. The molecule has 1 fully saturated rings. The molecule has 2 rings (SSSR count). The minimum Gasteiger partial charge on any atom is -0.376 e. The molecule has 18 heavy (non-hydrogen) atoms. The largest absolute Gasteiger partial charge is 0.376 e. The third-order valence-electron chi connectivity index (χ3n) is 3.17. The number of urea groups is 1. The zero-order valence-corrected chi connectivity index (χ0v) is 10.9. The molecule has 0 spiro atoms. The fraction of sp³-hybridized carbons (Fsp3) is 0.667. The number of nitrogens with one attached hydrogen (secondary N) is 1. The lowest BCUT2D eigenvalue weighted by molar-refractivity contribution is 0.0849. The van der Waals surface area contributed by atoms with Crippen molar-refractivity contribution in [2.75, 3.05) is 25.0 Å². The Morgan fingerprint density at radius 3 is 3.11 bits per heavy atom. The number of amides is 2. The smallest absolute Gasteiger partial charge is 0.323 e. The van der Waals surface area contributed by atoms with Crippen molar-refractivity contribution in [2.45, 2.75) is 25.9 Å². The van der Waals surface area contributed by atoms with Gasteiger partial charge in [-0.05, 0) is 19.8 Å². The molecular formula is C12H20N4O2. The second-order valence-corrected chi connectivity index (χ2v) is 4.44. The summed E-state index contributed by atoms with van der Waals surface area (Å²) in [6.45, 7) is 4.10. The molecule has 6 nitrogen and oxygen atoms in total. The van der Waals surface area contributed by atoms with Crippen LogP contribution in [0.3, 0.4) is 0 Å². The Labute approximate surface area is 107 Å². The zero-order chi connectivity index (χ0) is 13.0. The molecule has 1 saturated heterocycles. The second kappa shape index (κ2) is 5.86. The van der Waals surface area contributed by atoms with Crippen molar-refractivity contribution >= 4 is 11.8 Å². The number of nitrogens with zero attached hydrogens (tertiary/aromatic N) is 3. The summed E-state index contributed by atoms with van der Waals surface area (Å²) in [6, 6.07) is 1.68. The van der Waals surface area contributed by atoms with Crippen LogP contribution in [0.2, 0.25) is 0 Å². The lowest BCUT2D eigenvalue weighted by Gasteiger charge is -2.24. The summed E-state index contributed by atoms with van der Waals surface area (Å²) in [5.74, 6) is 0.700. The Bertz CT molecular complexity index is 399. The van der Waals surface area contributed by atoms with Gasteiger partial charge in [0.1, 0.15) is 5.82 Å². The standard InChI is InChI=1S/C12H20N4O2/c1-3-16(9-10-5-4-8-18-10)12(17)14-11-6-7-13-15(11)2/h6-7,10H,3-5,8-9H2,1-2H3,(H,14,17). The van der Waals surface area contributed by atoms with Crippen LogP contribution in [0.1, 0.15) is 19.8 Å². The van der Waals surface area contributed by atoms with Gasteiger partial charge in [-0.2, -0.15) is 5.10 Å². The maximum Gasteiger partial charge on any atom is 0.323 e. The van der Waals surface area contributed by atoms with Crippen LogP contribution < -0.4 is 5.32 Å². The molecule has 1 unspecified atom stereocenters. The van der Waals surface area contributed by atoms with Crippen molar-refractivity contribution in [3.63, 3.8) is 0 Å². The summed E-state index contributed by atoms with van der Waals surface area (Å²) in [6.07, 6.45) is 3.97. The van der Waals surface area contributed by atoms with E-state index in [1.807, 2.05) is 6.92 Å². The van der Waals surface area contributed by atoms with Gasteiger partial charge >= 0.3 is 6.03 Å². The van der Waals surface area contributed by atoms with Crippen molar-refractivity contribution in [1.82, 2.24) is 14.7 Å². The van der Waals surface area contributed by atoms with E-state index < -0.39 is 0 Å². The minimum absolute atomic E-state index is 0.100. The maximum absolute atomic E-state index is 12.1. The van der Waals surface area contributed by atoms with Gasteiger partial charge in [-0.25, -0.2) is 4.79 Å². The number of ether oxygens (including phenoxy) is 1. The van der Waals surface area contributed by atoms with Gasteiger partial charge in [0.05, 0.1) is 12.3 Å².